The SMILES string of the molecule is Cc1ccc(CNc2cnc(Br)c(C)c2)cc1F. The van der Waals surface area contributed by atoms with Crippen LogP contribution >= 0.6 is 15.9 Å². The van der Waals surface area contributed by atoms with Crippen molar-refractivity contribution in [1.29, 1.82) is 0 Å². The molecule has 4 heteroatoms. The first-order valence-electron chi connectivity index (χ1n) is 5.67. The van der Waals surface area contributed by atoms with Crippen LogP contribution in [0.25, 0.3) is 0 Å². The molecule has 2 rings (SSSR count). The number of nitrogens with zero attached hydrogens (tertiary/aromatic N) is 1. The van der Waals surface area contributed by atoms with Crippen molar-refractivity contribution in [3.8, 4) is 0 Å². The Morgan fingerprint density at radius 3 is 2.67 bits per heavy atom. The summed E-state index contributed by atoms with van der Waals surface area (Å²) in [5, 5.41) is 3.23. The lowest BCUT2D eigenvalue weighted by atomic mass is 10.1. The van der Waals surface area contributed by atoms with Crippen molar-refractivity contribution in [2.75, 3.05) is 5.32 Å². The van der Waals surface area contributed by atoms with Crippen molar-refractivity contribution in [3.63, 3.8) is 0 Å². The van der Waals surface area contributed by atoms with Crippen molar-refractivity contribution in [1.82, 2.24) is 4.98 Å². The fraction of sp³-hybridized carbons (Fsp3) is 0.214. The molecular formula is C14H14BrFN2. The van der Waals surface area contributed by atoms with Gasteiger partial charge in [0.05, 0.1) is 11.9 Å². The van der Waals surface area contributed by atoms with Crippen molar-refractivity contribution in [3.05, 3.63) is 57.6 Å². The molecule has 1 N–H and O–H groups in total. The molecule has 1 aromatic heterocycles. The Labute approximate surface area is 114 Å². The molecule has 0 unspecified atom stereocenters. The molecule has 0 radical (unpaired) electrons. The molecule has 0 aliphatic rings. The first kappa shape index (κ1) is 13.0. The molecule has 2 aromatic rings. The quantitative estimate of drug-likeness (QED) is 0.859. The van der Waals surface area contributed by atoms with E-state index in [2.05, 4.69) is 26.2 Å². The van der Waals surface area contributed by atoms with Crippen LogP contribution in [0.15, 0.2) is 35.1 Å². The number of pyridine rings is 1. The molecule has 0 saturated heterocycles. The van der Waals surface area contributed by atoms with Crippen LogP contribution in [0.2, 0.25) is 0 Å². The number of benzene rings is 1. The van der Waals surface area contributed by atoms with Crippen LogP contribution in [0.5, 0.6) is 0 Å². The van der Waals surface area contributed by atoms with Gasteiger partial charge in [-0.05, 0) is 58.6 Å². The first-order chi connectivity index (χ1) is 8.56. The van der Waals surface area contributed by atoms with Crippen LogP contribution in [-0.2, 0) is 6.54 Å². The largest absolute Gasteiger partial charge is 0.380 e. The van der Waals surface area contributed by atoms with Gasteiger partial charge in [-0.25, -0.2) is 9.37 Å². The number of aromatic nitrogens is 1. The smallest absolute Gasteiger partial charge is 0.126 e. The highest BCUT2D eigenvalue weighted by Crippen LogP contribution is 2.17. The average Bonchev–Trinajstić information content (AvgIpc) is 2.35. The minimum Gasteiger partial charge on any atom is -0.380 e. The Bertz CT molecular complexity index is 518. The van der Waals surface area contributed by atoms with Crippen molar-refractivity contribution in [2.24, 2.45) is 0 Å². The summed E-state index contributed by atoms with van der Waals surface area (Å²) in [6.07, 6.45) is 1.75. The number of aryl methyl sites for hydroxylation is 2. The molecule has 0 spiro atoms. The summed E-state index contributed by atoms with van der Waals surface area (Å²) >= 11 is 3.35. The van der Waals surface area contributed by atoms with E-state index in [1.807, 2.05) is 19.1 Å². The summed E-state index contributed by atoms with van der Waals surface area (Å²) in [6.45, 7) is 4.32. The Morgan fingerprint density at radius 2 is 2.00 bits per heavy atom. The maximum Gasteiger partial charge on any atom is 0.126 e. The van der Waals surface area contributed by atoms with Gasteiger partial charge in [-0.3, -0.25) is 0 Å². The lowest BCUT2D eigenvalue weighted by molar-refractivity contribution is 0.616. The van der Waals surface area contributed by atoms with Gasteiger partial charge in [0.1, 0.15) is 10.4 Å². The van der Waals surface area contributed by atoms with Crippen LogP contribution in [0.4, 0.5) is 10.1 Å². The van der Waals surface area contributed by atoms with E-state index < -0.39 is 0 Å². The zero-order valence-electron chi connectivity index (χ0n) is 10.3. The predicted octanol–water partition coefficient (Wildman–Crippen LogP) is 4.21. The Balaban J connectivity index is 2.06. The van der Waals surface area contributed by atoms with Crippen molar-refractivity contribution >= 4 is 21.6 Å². The van der Waals surface area contributed by atoms with E-state index in [0.717, 1.165) is 21.4 Å². The summed E-state index contributed by atoms with van der Waals surface area (Å²) in [7, 11) is 0. The Hall–Kier alpha value is -1.42. The van der Waals surface area contributed by atoms with Gasteiger partial charge in [0, 0.05) is 6.54 Å². The Kier molecular flexibility index (Phi) is 3.97. The third-order valence-corrected chi connectivity index (χ3v) is 3.58. The highest BCUT2D eigenvalue weighted by Gasteiger charge is 2.01. The fourth-order valence-electron chi connectivity index (χ4n) is 1.61. The number of halogens is 2. The van der Waals surface area contributed by atoms with E-state index in [1.165, 1.54) is 0 Å². The molecule has 0 aliphatic carbocycles. The lowest BCUT2D eigenvalue weighted by Gasteiger charge is -2.08. The molecule has 1 heterocycles. The van der Waals surface area contributed by atoms with Gasteiger partial charge in [-0.15, -0.1) is 0 Å². The number of hydrogen-bond donors (Lipinski definition) is 1. The molecule has 18 heavy (non-hydrogen) atoms. The van der Waals surface area contributed by atoms with E-state index in [9.17, 15) is 4.39 Å². The van der Waals surface area contributed by atoms with E-state index >= 15 is 0 Å². The Morgan fingerprint density at radius 1 is 1.22 bits per heavy atom. The number of rotatable bonds is 3. The number of anilines is 1. The molecule has 0 aliphatic heterocycles. The second-order valence-corrected chi connectivity index (χ2v) is 5.02. The van der Waals surface area contributed by atoms with Crippen molar-refractivity contribution in [2.45, 2.75) is 20.4 Å². The zero-order valence-corrected chi connectivity index (χ0v) is 11.9. The highest BCUT2D eigenvalue weighted by atomic mass is 79.9. The lowest BCUT2D eigenvalue weighted by Crippen LogP contribution is -2.01. The first-order valence-corrected chi connectivity index (χ1v) is 6.46. The maximum atomic E-state index is 13.4. The summed E-state index contributed by atoms with van der Waals surface area (Å²) in [6, 6.07) is 7.27. The second-order valence-electron chi connectivity index (χ2n) is 4.27. The molecule has 0 amide bonds. The summed E-state index contributed by atoms with van der Waals surface area (Å²) in [5.74, 6) is -0.167. The molecule has 0 bridgehead atoms. The summed E-state index contributed by atoms with van der Waals surface area (Å²) in [5.41, 5.74) is 3.57. The normalized spacial score (nSPS) is 10.4. The third kappa shape index (κ3) is 3.07. The van der Waals surface area contributed by atoms with Gasteiger partial charge in [-0.1, -0.05) is 12.1 Å². The monoisotopic (exact) mass is 308 g/mol. The number of hydrogen-bond acceptors (Lipinski definition) is 2. The van der Waals surface area contributed by atoms with E-state index in [0.29, 0.717) is 12.1 Å². The van der Waals surface area contributed by atoms with Gasteiger partial charge in [0.2, 0.25) is 0 Å². The van der Waals surface area contributed by atoms with Crippen LogP contribution in [-0.4, -0.2) is 4.98 Å². The minimum atomic E-state index is -0.167. The minimum absolute atomic E-state index is 0.167. The van der Waals surface area contributed by atoms with Gasteiger partial charge in [-0.2, -0.15) is 0 Å². The van der Waals surface area contributed by atoms with E-state index in [4.69, 9.17) is 0 Å². The molecule has 2 nitrogen and oxygen atoms in total. The van der Waals surface area contributed by atoms with Gasteiger partial charge in [0.15, 0.2) is 0 Å². The third-order valence-electron chi connectivity index (χ3n) is 2.75. The zero-order chi connectivity index (χ0) is 13.1. The molecular weight excluding hydrogens is 295 g/mol. The summed E-state index contributed by atoms with van der Waals surface area (Å²) < 4.78 is 14.2. The van der Waals surface area contributed by atoms with Gasteiger partial charge >= 0.3 is 0 Å². The number of nitrogens with one attached hydrogen (secondary N) is 1. The van der Waals surface area contributed by atoms with Crippen LogP contribution in [0.1, 0.15) is 16.7 Å². The highest BCUT2D eigenvalue weighted by molar-refractivity contribution is 9.10. The average molecular weight is 309 g/mol. The molecule has 94 valence electrons. The standard InChI is InChI=1S/C14H14BrFN2/c1-9-3-4-11(6-13(9)16)7-17-12-5-10(2)14(15)18-8-12/h3-6,8,17H,7H2,1-2H3. The van der Waals surface area contributed by atoms with Crippen LogP contribution in [0, 0.1) is 19.7 Å². The van der Waals surface area contributed by atoms with E-state index in [-0.39, 0.29) is 5.82 Å². The summed E-state index contributed by atoms with van der Waals surface area (Å²) in [4.78, 5) is 4.20. The second kappa shape index (κ2) is 5.48. The van der Waals surface area contributed by atoms with Crippen LogP contribution < -0.4 is 5.32 Å². The van der Waals surface area contributed by atoms with E-state index in [1.54, 1.807) is 25.3 Å². The van der Waals surface area contributed by atoms with Crippen LogP contribution in [0.3, 0.4) is 0 Å². The van der Waals surface area contributed by atoms with Crippen molar-refractivity contribution < 1.29 is 4.39 Å². The fourth-order valence-corrected chi connectivity index (χ4v) is 1.82. The molecule has 0 atom stereocenters. The molecule has 0 fully saturated rings. The topological polar surface area (TPSA) is 24.9 Å². The molecule has 1 aromatic carbocycles. The maximum absolute atomic E-state index is 13.4. The molecule has 0 saturated carbocycles. The van der Waals surface area contributed by atoms with Gasteiger partial charge < -0.3 is 5.32 Å². The van der Waals surface area contributed by atoms with Gasteiger partial charge in [0.25, 0.3) is 0 Å². The predicted molar refractivity (Wildman–Crippen MR) is 75.1 cm³/mol.